The smallest absolute Gasteiger partial charge is 0.226 e. The molecule has 0 aromatic carbocycles. The van der Waals surface area contributed by atoms with E-state index in [1.807, 2.05) is 19.2 Å². The summed E-state index contributed by atoms with van der Waals surface area (Å²) in [5.74, 6) is 0.0260. The molecule has 0 aliphatic carbocycles. The Labute approximate surface area is 83.5 Å². The van der Waals surface area contributed by atoms with Crippen molar-refractivity contribution in [3.63, 3.8) is 0 Å². The van der Waals surface area contributed by atoms with E-state index in [0.717, 1.165) is 11.3 Å². The van der Waals surface area contributed by atoms with Crippen molar-refractivity contribution in [1.29, 1.82) is 0 Å². The minimum absolute atomic E-state index is 0.00834. The molecule has 1 rings (SSSR count). The summed E-state index contributed by atoms with van der Waals surface area (Å²) in [6.45, 7) is 2.35. The first-order valence-electron chi connectivity index (χ1n) is 4.62. The molecule has 78 valence electrons. The normalized spacial score (nSPS) is 10.2. The fraction of sp³-hybridized carbons (Fsp3) is 0.500. The van der Waals surface area contributed by atoms with Gasteiger partial charge in [-0.2, -0.15) is 0 Å². The Balaban J connectivity index is 2.48. The lowest BCUT2D eigenvalue weighted by Gasteiger charge is -2.14. The van der Waals surface area contributed by atoms with E-state index in [2.05, 4.69) is 4.98 Å². The van der Waals surface area contributed by atoms with Crippen molar-refractivity contribution in [3.8, 4) is 0 Å². The van der Waals surface area contributed by atoms with Crippen molar-refractivity contribution in [2.45, 2.75) is 13.3 Å². The molecule has 0 spiro atoms. The maximum atomic E-state index is 11.5. The van der Waals surface area contributed by atoms with Gasteiger partial charge in [0.05, 0.1) is 13.0 Å². The molecule has 2 N–H and O–H groups in total. The molecule has 0 atom stereocenters. The fourth-order valence-electron chi connectivity index (χ4n) is 1.25. The van der Waals surface area contributed by atoms with Gasteiger partial charge in [-0.1, -0.05) is 0 Å². The summed E-state index contributed by atoms with van der Waals surface area (Å²) >= 11 is 0. The lowest BCUT2D eigenvalue weighted by molar-refractivity contribution is -0.129. The molecule has 0 radical (unpaired) electrons. The second kappa shape index (κ2) is 4.81. The number of aliphatic hydroxyl groups is 1. The van der Waals surface area contributed by atoms with Crippen LogP contribution in [0.2, 0.25) is 0 Å². The predicted molar refractivity (Wildman–Crippen MR) is 54.0 cm³/mol. The van der Waals surface area contributed by atoms with Gasteiger partial charge in [-0.3, -0.25) is 4.79 Å². The lowest BCUT2D eigenvalue weighted by Crippen LogP contribution is -2.30. The van der Waals surface area contributed by atoms with Crippen molar-refractivity contribution in [2.24, 2.45) is 0 Å². The van der Waals surface area contributed by atoms with Crippen molar-refractivity contribution in [2.75, 3.05) is 20.2 Å². The Morgan fingerprint density at radius 3 is 2.86 bits per heavy atom. The van der Waals surface area contributed by atoms with Gasteiger partial charge in [0.1, 0.15) is 0 Å². The number of aryl methyl sites for hydroxylation is 1. The summed E-state index contributed by atoms with van der Waals surface area (Å²) < 4.78 is 0. The number of aromatic amines is 1. The van der Waals surface area contributed by atoms with Crippen LogP contribution in [0.3, 0.4) is 0 Å². The van der Waals surface area contributed by atoms with Crippen LogP contribution in [-0.2, 0) is 11.2 Å². The highest BCUT2D eigenvalue weighted by molar-refractivity contribution is 5.78. The van der Waals surface area contributed by atoms with Crippen molar-refractivity contribution in [1.82, 2.24) is 9.88 Å². The number of aromatic nitrogens is 1. The number of nitrogens with zero attached hydrogens (tertiary/aromatic N) is 1. The number of rotatable bonds is 4. The number of amides is 1. The molecule has 4 heteroatoms. The first-order valence-corrected chi connectivity index (χ1v) is 4.62. The predicted octanol–water partition coefficient (Wildman–Crippen LogP) is 0.316. The van der Waals surface area contributed by atoms with Crippen LogP contribution in [0, 0.1) is 6.92 Å². The number of likely N-dealkylation sites (N-methyl/N-ethyl adjacent to an activating group) is 1. The Morgan fingerprint density at radius 2 is 2.36 bits per heavy atom. The van der Waals surface area contributed by atoms with Gasteiger partial charge in [-0.25, -0.2) is 0 Å². The van der Waals surface area contributed by atoms with Crippen LogP contribution < -0.4 is 0 Å². The summed E-state index contributed by atoms with van der Waals surface area (Å²) in [5, 5.41) is 8.66. The number of hydrogen-bond donors (Lipinski definition) is 2. The first-order chi connectivity index (χ1) is 6.63. The molecule has 4 nitrogen and oxygen atoms in total. The highest BCUT2D eigenvalue weighted by atomic mass is 16.3. The molecule has 14 heavy (non-hydrogen) atoms. The topological polar surface area (TPSA) is 56.3 Å². The second-order valence-electron chi connectivity index (χ2n) is 3.41. The first kappa shape index (κ1) is 10.8. The van der Waals surface area contributed by atoms with Crippen LogP contribution in [0.4, 0.5) is 0 Å². The lowest BCUT2D eigenvalue weighted by atomic mass is 10.2. The van der Waals surface area contributed by atoms with E-state index in [1.54, 1.807) is 7.05 Å². The van der Waals surface area contributed by atoms with E-state index in [-0.39, 0.29) is 12.5 Å². The zero-order chi connectivity index (χ0) is 10.6. The highest BCUT2D eigenvalue weighted by Gasteiger charge is 2.09. The minimum Gasteiger partial charge on any atom is -0.395 e. The molecule has 0 saturated heterocycles. The number of hydrogen-bond acceptors (Lipinski definition) is 2. The Hall–Kier alpha value is -1.29. The van der Waals surface area contributed by atoms with Crippen LogP contribution in [-0.4, -0.2) is 41.1 Å². The molecule has 1 aromatic rings. The van der Waals surface area contributed by atoms with E-state index in [4.69, 9.17) is 5.11 Å². The number of carbonyl (C=O) groups excluding carboxylic acids is 1. The summed E-state index contributed by atoms with van der Waals surface area (Å²) in [6, 6.07) is 1.95. The van der Waals surface area contributed by atoms with Crippen molar-refractivity contribution in [3.05, 3.63) is 23.5 Å². The maximum Gasteiger partial charge on any atom is 0.226 e. The van der Waals surface area contributed by atoms with Crippen LogP contribution in [0.5, 0.6) is 0 Å². The average molecular weight is 196 g/mol. The second-order valence-corrected chi connectivity index (χ2v) is 3.41. The number of nitrogens with one attached hydrogen (secondary N) is 1. The molecule has 0 bridgehead atoms. The third-order valence-electron chi connectivity index (χ3n) is 2.10. The third-order valence-corrected chi connectivity index (χ3v) is 2.10. The molecule has 1 aromatic heterocycles. The molecule has 1 heterocycles. The van der Waals surface area contributed by atoms with Gasteiger partial charge in [0.15, 0.2) is 0 Å². The van der Waals surface area contributed by atoms with E-state index in [1.165, 1.54) is 4.90 Å². The number of carbonyl (C=O) groups is 1. The summed E-state index contributed by atoms with van der Waals surface area (Å²) in [6.07, 6.45) is 2.22. The molecule has 0 aliphatic rings. The Bertz CT molecular complexity index is 307. The van der Waals surface area contributed by atoms with Gasteiger partial charge >= 0.3 is 0 Å². The van der Waals surface area contributed by atoms with Gasteiger partial charge in [-0.05, 0) is 18.6 Å². The monoisotopic (exact) mass is 196 g/mol. The third kappa shape index (κ3) is 2.88. The molecule has 1 amide bonds. The SMILES string of the molecule is Cc1cc(CC(=O)N(C)CCO)c[nH]1. The van der Waals surface area contributed by atoms with Crippen molar-refractivity contribution >= 4 is 5.91 Å². The fourth-order valence-corrected chi connectivity index (χ4v) is 1.25. The van der Waals surface area contributed by atoms with Crippen molar-refractivity contribution < 1.29 is 9.90 Å². The van der Waals surface area contributed by atoms with Gasteiger partial charge < -0.3 is 15.0 Å². The van der Waals surface area contributed by atoms with Gasteiger partial charge in [0, 0.05) is 25.5 Å². The van der Waals surface area contributed by atoms with E-state index >= 15 is 0 Å². The zero-order valence-corrected chi connectivity index (χ0v) is 8.58. The van der Waals surface area contributed by atoms with Crippen LogP contribution in [0.1, 0.15) is 11.3 Å². The molecule has 0 unspecified atom stereocenters. The standard InChI is InChI=1S/C10H16N2O2/c1-8-5-9(7-11-8)6-10(14)12(2)3-4-13/h5,7,11,13H,3-4,6H2,1-2H3. The Kier molecular flexibility index (Phi) is 3.71. The highest BCUT2D eigenvalue weighted by Crippen LogP contribution is 2.04. The number of H-pyrrole nitrogens is 1. The van der Waals surface area contributed by atoms with Gasteiger partial charge in [-0.15, -0.1) is 0 Å². The average Bonchev–Trinajstić information content (AvgIpc) is 2.51. The summed E-state index contributed by atoms with van der Waals surface area (Å²) in [7, 11) is 1.69. The molecular weight excluding hydrogens is 180 g/mol. The van der Waals surface area contributed by atoms with E-state index in [0.29, 0.717) is 13.0 Å². The van der Waals surface area contributed by atoms with Gasteiger partial charge in [0.2, 0.25) is 5.91 Å². The maximum absolute atomic E-state index is 11.5. The Morgan fingerprint density at radius 1 is 1.64 bits per heavy atom. The van der Waals surface area contributed by atoms with Gasteiger partial charge in [0.25, 0.3) is 0 Å². The summed E-state index contributed by atoms with van der Waals surface area (Å²) in [4.78, 5) is 16.1. The largest absolute Gasteiger partial charge is 0.395 e. The number of aliphatic hydroxyl groups excluding tert-OH is 1. The zero-order valence-electron chi connectivity index (χ0n) is 8.58. The minimum atomic E-state index is 0.00834. The van der Waals surface area contributed by atoms with E-state index in [9.17, 15) is 4.79 Å². The molecule has 0 saturated carbocycles. The molecule has 0 aliphatic heterocycles. The quantitative estimate of drug-likeness (QED) is 0.728. The van der Waals surface area contributed by atoms with Crippen LogP contribution in [0.15, 0.2) is 12.3 Å². The van der Waals surface area contributed by atoms with E-state index < -0.39 is 0 Å². The molecular formula is C10H16N2O2. The summed E-state index contributed by atoms with van der Waals surface area (Å²) in [5.41, 5.74) is 2.04. The molecule has 0 fully saturated rings. The van der Waals surface area contributed by atoms with Crippen LogP contribution in [0.25, 0.3) is 0 Å². The van der Waals surface area contributed by atoms with Crippen LogP contribution >= 0.6 is 0 Å².